The summed E-state index contributed by atoms with van der Waals surface area (Å²) in [4.78, 5) is 25.6. The fourth-order valence-corrected chi connectivity index (χ4v) is 4.25. The molecule has 1 aliphatic heterocycles. The highest BCUT2D eigenvalue weighted by Crippen LogP contribution is 2.40. The van der Waals surface area contributed by atoms with Gasteiger partial charge in [0.05, 0.1) is 0 Å². The van der Waals surface area contributed by atoms with Crippen molar-refractivity contribution in [3.63, 3.8) is 0 Å². The van der Waals surface area contributed by atoms with Crippen molar-refractivity contribution in [3.8, 4) is 0 Å². The first-order valence-electron chi connectivity index (χ1n) is 9.04. The minimum atomic E-state index is -0.647. The third-order valence-corrected chi connectivity index (χ3v) is 6.06. The third kappa shape index (κ3) is 5.58. The molecule has 5 nitrogen and oxygen atoms in total. The zero-order chi connectivity index (χ0) is 19.1. The molecule has 2 aromatic rings. The van der Waals surface area contributed by atoms with Crippen LogP contribution < -0.4 is 10.6 Å². The van der Waals surface area contributed by atoms with Crippen LogP contribution in [0.1, 0.15) is 18.4 Å². The second-order valence-corrected chi connectivity index (χ2v) is 8.25. The Kier molecular flexibility index (Phi) is 6.53. The van der Waals surface area contributed by atoms with Gasteiger partial charge in [-0.1, -0.05) is 35.9 Å². The summed E-state index contributed by atoms with van der Waals surface area (Å²) in [6.07, 6.45) is 1.65. The Hall–Kier alpha value is -2.31. The van der Waals surface area contributed by atoms with Crippen LogP contribution in [0.25, 0.3) is 0 Å². The molecular weight excluding hydrogens is 360 g/mol. The summed E-state index contributed by atoms with van der Waals surface area (Å²) in [7, 11) is 0. The van der Waals surface area contributed by atoms with Crippen molar-refractivity contribution in [2.45, 2.75) is 29.4 Å². The van der Waals surface area contributed by atoms with Gasteiger partial charge < -0.3 is 15.4 Å². The minimum Gasteiger partial charge on any atom is -0.381 e. The predicted octanol–water partition coefficient (Wildman–Crippen LogP) is 3.39. The Morgan fingerprint density at radius 1 is 1.00 bits per heavy atom. The van der Waals surface area contributed by atoms with Gasteiger partial charge in [-0.25, -0.2) is 0 Å². The van der Waals surface area contributed by atoms with E-state index in [1.165, 1.54) is 0 Å². The first-order valence-corrected chi connectivity index (χ1v) is 9.86. The van der Waals surface area contributed by atoms with E-state index in [2.05, 4.69) is 22.8 Å². The molecule has 0 aliphatic carbocycles. The lowest BCUT2D eigenvalue weighted by Crippen LogP contribution is -2.47. The smallest absolute Gasteiger partial charge is 0.313 e. The van der Waals surface area contributed by atoms with Gasteiger partial charge >= 0.3 is 11.8 Å². The summed E-state index contributed by atoms with van der Waals surface area (Å²) >= 11 is 1.74. The molecule has 3 rings (SSSR count). The van der Waals surface area contributed by atoms with Crippen LogP contribution >= 0.6 is 11.8 Å². The summed E-state index contributed by atoms with van der Waals surface area (Å²) in [6, 6.07) is 17.5. The van der Waals surface area contributed by atoms with E-state index < -0.39 is 11.8 Å². The van der Waals surface area contributed by atoms with Crippen LogP contribution in [0.2, 0.25) is 0 Å². The molecule has 142 valence electrons. The number of aryl methyl sites for hydroxylation is 1. The van der Waals surface area contributed by atoms with Gasteiger partial charge in [-0.3, -0.25) is 9.59 Å². The molecule has 0 radical (unpaired) electrons. The van der Waals surface area contributed by atoms with Crippen molar-refractivity contribution < 1.29 is 14.3 Å². The van der Waals surface area contributed by atoms with Gasteiger partial charge in [-0.2, -0.15) is 0 Å². The highest BCUT2D eigenvalue weighted by molar-refractivity contribution is 8.00. The minimum absolute atomic E-state index is 0.167. The molecule has 0 bridgehead atoms. The van der Waals surface area contributed by atoms with Gasteiger partial charge in [0.2, 0.25) is 0 Å². The summed E-state index contributed by atoms with van der Waals surface area (Å²) in [5.74, 6) is -1.26. The van der Waals surface area contributed by atoms with E-state index in [0.29, 0.717) is 25.4 Å². The summed E-state index contributed by atoms with van der Waals surface area (Å²) < 4.78 is 5.33. The predicted molar refractivity (Wildman–Crippen MR) is 108 cm³/mol. The summed E-state index contributed by atoms with van der Waals surface area (Å²) in [6.45, 7) is 3.71. The molecule has 1 fully saturated rings. The number of hydrogen-bond donors (Lipinski definition) is 2. The molecule has 1 aliphatic rings. The van der Waals surface area contributed by atoms with E-state index in [-0.39, 0.29) is 4.75 Å². The average molecular weight is 385 g/mol. The van der Waals surface area contributed by atoms with E-state index in [9.17, 15) is 9.59 Å². The van der Waals surface area contributed by atoms with Crippen LogP contribution in [0.3, 0.4) is 0 Å². The lowest BCUT2D eigenvalue weighted by atomic mass is 9.99. The van der Waals surface area contributed by atoms with Crippen LogP contribution in [0.15, 0.2) is 59.5 Å². The van der Waals surface area contributed by atoms with Crippen LogP contribution in [-0.2, 0) is 14.3 Å². The Bertz CT molecular complexity index is 772. The second-order valence-electron chi connectivity index (χ2n) is 6.71. The maximum atomic E-state index is 12.3. The molecule has 2 aromatic carbocycles. The molecule has 0 saturated carbocycles. The molecule has 1 heterocycles. The van der Waals surface area contributed by atoms with E-state index in [1.54, 1.807) is 23.9 Å². The monoisotopic (exact) mass is 384 g/mol. The highest BCUT2D eigenvalue weighted by Gasteiger charge is 2.34. The van der Waals surface area contributed by atoms with Crippen molar-refractivity contribution in [1.29, 1.82) is 0 Å². The molecule has 0 atom stereocenters. The average Bonchev–Trinajstić information content (AvgIpc) is 2.69. The van der Waals surface area contributed by atoms with Crippen molar-refractivity contribution in [3.05, 3.63) is 60.2 Å². The van der Waals surface area contributed by atoms with Crippen LogP contribution in [0.5, 0.6) is 0 Å². The summed E-state index contributed by atoms with van der Waals surface area (Å²) in [5.41, 5.74) is 1.71. The first kappa shape index (κ1) is 19.5. The molecule has 27 heavy (non-hydrogen) atoms. The lowest BCUT2D eigenvalue weighted by Gasteiger charge is -2.36. The molecular formula is C21H24N2O3S. The number of carbonyl (C=O) groups excluding carboxylic acids is 2. The van der Waals surface area contributed by atoms with Gasteiger partial charge in [0.25, 0.3) is 0 Å². The van der Waals surface area contributed by atoms with Crippen molar-refractivity contribution in [2.24, 2.45) is 0 Å². The standard InChI is InChI=1S/C21H24N2O3S/c1-16-7-9-17(10-8-16)23-20(25)19(24)22-15-21(11-13-26-14-12-21)27-18-5-3-2-4-6-18/h2-10H,11-15H2,1H3,(H,22,24)(H,23,25). The van der Waals surface area contributed by atoms with Crippen molar-refractivity contribution in [1.82, 2.24) is 5.32 Å². The number of hydrogen-bond acceptors (Lipinski definition) is 4. The molecule has 1 saturated heterocycles. The highest BCUT2D eigenvalue weighted by atomic mass is 32.2. The molecule has 0 aromatic heterocycles. The lowest BCUT2D eigenvalue weighted by molar-refractivity contribution is -0.136. The van der Waals surface area contributed by atoms with Gasteiger partial charge in [0, 0.05) is 35.1 Å². The molecule has 2 amide bonds. The largest absolute Gasteiger partial charge is 0.381 e. The molecule has 2 N–H and O–H groups in total. The number of thioether (sulfide) groups is 1. The number of carbonyl (C=O) groups is 2. The van der Waals surface area contributed by atoms with Crippen LogP contribution in [-0.4, -0.2) is 36.3 Å². The van der Waals surface area contributed by atoms with E-state index in [0.717, 1.165) is 23.3 Å². The maximum Gasteiger partial charge on any atom is 0.313 e. The molecule has 0 unspecified atom stereocenters. The van der Waals surface area contributed by atoms with E-state index in [4.69, 9.17) is 4.74 Å². The van der Waals surface area contributed by atoms with E-state index >= 15 is 0 Å². The quantitative estimate of drug-likeness (QED) is 0.776. The topological polar surface area (TPSA) is 67.4 Å². The number of amides is 2. The SMILES string of the molecule is Cc1ccc(NC(=O)C(=O)NCC2(Sc3ccccc3)CCOCC2)cc1. The van der Waals surface area contributed by atoms with Gasteiger partial charge in [0.15, 0.2) is 0 Å². The third-order valence-electron chi connectivity index (χ3n) is 4.57. The van der Waals surface area contributed by atoms with E-state index in [1.807, 2.05) is 37.3 Å². The number of rotatable bonds is 5. The van der Waals surface area contributed by atoms with Gasteiger partial charge in [-0.15, -0.1) is 11.8 Å². The second kappa shape index (κ2) is 9.06. The normalized spacial score (nSPS) is 15.7. The maximum absolute atomic E-state index is 12.3. The fraction of sp³-hybridized carbons (Fsp3) is 0.333. The van der Waals surface area contributed by atoms with Gasteiger partial charge in [-0.05, 0) is 44.0 Å². The number of nitrogens with one attached hydrogen (secondary N) is 2. The molecule has 6 heteroatoms. The Labute approximate surface area is 163 Å². The summed E-state index contributed by atoms with van der Waals surface area (Å²) in [5, 5.41) is 5.45. The zero-order valence-electron chi connectivity index (χ0n) is 15.4. The van der Waals surface area contributed by atoms with Gasteiger partial charge in [0.1, 0.15) is 0 Å². The fourth-order valence-electron chi connectivity index (χ4n) is 2.94. The zero-order valence-corrected chi connectivity index (χ0v) is 16.2. The Morgan fingerprint density at radius 2 is 1.67 bits per heavy atom. The van der Waals surface area contributed by atoms with Crippen molar-refractivity contribution in [2.75, 3.05) is 25.1 Å². The van der Waals surface area contributed by atoms with Crippen LogP contribution in [0.4, 0.5) is 5.69 Å². The number of anilines is 1. The Morgan fingerprint density at radius 3 is 2.33 bits per heavy atom. The van der Waals surface area contributed by atoms with Crippen molar-refractivity contribution >= 4 is 29.3 Å². The Balaban J connectivity index is 1.59. The van der Waals surface area contributed by atoms with Crippen LogP contribution in [0, 0.1) is 6.92 Å². The number of benzene rings is 2. The first-order chi connectivity index (χ1) is 13.1. The molecule has 0 spiro atoms. The number of ether oxygens (including phenoxy) is 1.